The van der Waals surface area contributed by atoms with E-state index in [0.717, 1.165) is 17.8 Å². The molecule has 98 valence electrons. The standard InChI is InChI=1S/C16H18N2S/c1-12(13-7-3-2-4-8-13)11-18-15-10-6-5-9-14(15)16(17)19/h2-10,12,18H,11H2,1H3,(H2,17,19). The lowest BCUT2D eigenvalue weighted by molar-refractivity contribution is 0.805. The van der Waals surface area contributed by atoms with Crippen molar-refractivity contribution in [2.45, 2.75) is 12.8 Å². The van der Waals surface area contributed by atoms with Gasteiger partial charge in [0.1, 0.15) is 4.99 Å². The van der Waals surface area contributed by atoms with Crippen LogP contribution < -0.4 is 11.1 Å². The van der Waals surface area contributed by atoms with Gasteiger partial charge in [-0.05, 0) is 23.6 Å². The maximum absolute atomic E-state index is 5.72. The predicted octanol–water partition coefficient (Wildman–Crippen LogP) is 3.54. The summed E-state index contributed by atoms with van der Waals surface area (Å²) in [6, 6.07) is 18.3. The number of nitrogens with two attached hydrogens (primary N) is 1. The van der Waals surface area contributed by atoms with Crippen LogP contribution in [0.1, 0.15) is 24.0 Å². The Morgan fingerprint density at radius 1 is 1.11 bits per heavy atom. The molecule has 2 rings (SSSR count). The van der Waals surface area contributed by atoms with Gasteiger partial charge in [-0.15, -0.1) is 0 Å². The van der Waals surface area contributed by atoms with Crippen molar-refractivity contribution < 1.29 is 0 Å². The molecule has 1 atom stereocenters. The van der Waals surface area contributed by atoms with E-state index >= 15 is 0 Å². The number of para-hydroxylation sites is 1. The Labute approximate surface area is 119 Å². The third-order valence-electron chi connectivity index (χ3n) is 3.16. The predicted molar refractivity (Wildman–Crippen MR) is 85.7 cm³/mol. The van der Waals surface area contributed by atoms with E-state index in [0.29, 0.717) is 10.9 Å². The summed E-state index contributed by atoms with van der Waals surface area (Å²) < 4.78 is 0. The average Bonchev–Trinajstić information content (AvgIpc) is 2.46. The first-order valence-electron chi connectivity index (χ1n) is 6.36. The molecule has 1 unspecified atom stereocenters. The van der Waals surface area contributed by atoms with Crippen LogP contribution in [-0.4, -0.2) is 11.5 Å². The summed E-state index contributed by atoms with van der Waals surface area (Å²) in [4.78, 5) is 0.426. The molecule has 0 aliphatic heterocycles. The quantitative estimate of drug-likeness (QED) is 0.816. The van der Waals surface area contributed by atoms with Crippen molar-refractivity contribution in [1.29, 1.82) is 0 Å². The maximum Gasteiger partial charge on any atom is 0.106 e. The molecule has 0 aliphatic carbocycles. The molecule has 0 spiro atoms. The Morgan fingerprint density at radius 3 is 2.42 bits per heavy atom. The first-order valence-corrected chi connectivity index (χ1v) is 6.77. The van der Waals surface area contributed by atoms with Crippen molar-refractivity contribution in [3.05, 3.63) is 65.7 Å². The average molecular weight is 270 g/mol. The first-order chi connectivity index (χ1) is 9.18. The maximum atomic E-state index is 5.72. The van der Waals surface area contributed by atoms with Crippen LogP contribution in [0, 0.1) is 0 Å². The molecule has 0 saturated carbocycles. The van der Waals surface area contributed by atoms with Gasteiger partial charge in [0.2, 0.25) is 0 Å². The summed E-state index contributed by atoms with van der Waals surface area (Å²) in [5, 5.41) is 3.43. The molecule has 0 fully saturated rings. The van der Waals surface area contributed by atoms with Crippen LogP contribution in [0.4, 0.5) is 5.69 Å². The summed E-state index contributed by atoms with van der Waals surface area (Å²) in [7, 11) is 0. The second-order valence-electron chi connectivity index (χ2n) is 4.60. The SMILES string of the molecule is CC(CNc1ccccc1C(N)=S)c1ccccc1. The number of nitrogens with one attached hydrogen (secondary N) is 1. The van der Waals surface area contributed by atoms with Crippen molar-refractivity contribution >= 4 is 22.9 Å². The summed E-state index contributed by atoms with van der Waals surface area (Å²) in [5.74, 6) is 0.431. The Morgan fingerprint density at radius 2 is 1.74 bits per heavy atom. The number of thiocarbonyl (C=S) groups is 1. The molecule has 0 amide bonds. The molecule has 2 nitrogen and oxygen atoms in total. The van der Waals surface area contributed by atoms with Gasteiger partial charge in [0.15, 0.2) is 0 Å². The number of hydrogen-bond donors (Lipinski definition) is 2. The van der Waals surface area contributed by atoms with E-state index < -0.39 is 0 Å². The van der Waals surface area contributed by atoms with Gasteiger partial charge in [-0.3, -0.25) is 0 Å². The highest BCUT2D eigenvalue weighted by molar-refractivity contribution is 7.80. The normalized spacial score (nSPS) is 11.8. The minimum absolute atomic E-state index is 0.426. The minimum atomic E-state index is 0.426. The summed E-state index contributed by atoms with van der Waals surface area (Å²) >= 11 is 5.06. The molecule has 19 heavy (non-hydrogen) atoms. The highest BCUT2D eigenvalue weighted by atomic mass is 32.1. The third-order valence-corrected chi connectivity index (χ3v) is 3.38. The number of hydrogen-bond acceptors (Lipinski definition) is 2. The van der Waals surface area contributed by atoms with Crippen LogP contribution in [0.2, 0.25) is 0 Å². The zero-order valence-corrected chi connectivity index (χ0v) is 11.8. The topological polar surface area (TPSA) is 38.0 Å². The molecule has 0 aliphatic rings. The molecule has 3 heteroatoms. The van der Waals surface area contributed by atoms with Gasteiger partial charge >= 0.3 is 0 Å². The number of anilines is 1. The van der Waals surface area contributed by atoms with Crippen LogP contribution in [0.5, 0.6) is 0 Å². The van der Waals surface area contributed by atoms with E-state index in [2.05, 4.69) is 36.5 Å². The van der Waals surface area contributed by atoms with E-state index in [4.69, 9.17) is 18.0 Å². The lowest BCUT2D eigenvalue weighted by atomic mass is 10.0. The highest BCUT2D eigenvalue weighted by Gasteiger charge is 2.07. The monoisotopic (exact) mass is 270 g/mol. The molecule has 2 aromatic rings. The molecule has 0 heterocycles. The minimum Gasteiger partial charge on any atom is -0.389 e. The molecular formula is C16H18N2S. The highest BCUT2D eigenvalue weighted by Crippen LogP contribution is 2.19. The molecule has 3 N–H and O–H groups in total. The van der Waals surface area contributed by atoms with Crippen LogP contribution in [0.25, 0.3) is 0 Å². The second kappa shape index (κ2) is 6.34. The summed E-state index contributed by atoms with van der Waals surface area (Å²) in [6.45, 7) is 3.05. The Kier molecular flexibility index (Phi) is 4.53. The van der Waals surface area contributed by atoms with Crippen LogP contribution in [0.15, 0.2) is 54.6 Å². The number of rotatable bonds is 5. The Hall–Kier alpha value is -1.87. The Bertz CT molecular complexity index is 552. The van der Waals surface area contributed by atoms with Gasteiger partial charge < -0.3 is 11.1 Å². The lowest BCUT2D eigenvalue weighted by Gasteiger charge is -2.16. The molecule has 2 aromatic carbocycles. The molecule has 0 aromatic heterocycles. The van der Waals surface area contributed by atoms with E-state index in [9.17, 15) is 0 Å². The van der Waals surface area contributed by atoms with E-state index in [1.165, 1.54) is 5.56 Å². The van der Waals surface area contributed by atoms with Gasteiger partial charge in [-0.1, -0.05) is 61.6 Å². The largest absolute Gasteiger partial charge is 0.389 e. The smallest absolute Gasteiger partial charge is 0.106 e. The fraction of sp³-hybridized carbons (Fsp3) is 0.188. The second-order valence-corrected chi connectivity index (χ2v) is 5.04. The van der Waals surface area contributed by atoms with Gasteiger partial charge in [-0.25, -0.2) is 0 Å². The summed E-state index contributed by atoms with van der Waals surface area (Å²) in [5.41, 5.74) is 8.94. The first kappa shape index (κ1) is 13.6. The molecular weight excluding hydrogens is 252 g/mol. The van der Waals surface area contributed by atoms with Gasteiger partial charge in [0.05, 0.1) is 0 Å². The lowest BCUT2D eigenvalue weighted by Crippen LogP contribution is -2.15. The van der Waals surface area contributed by atoms with Crippen molar-refractivity contribution in [2.75, 3.05) is 11.9 Å². The van der Waals surface area contributed by atoms with Crippen molar-refractivity contribution in [3.63, 3.8) is 0 Å². The molecule has 0 bridgehead atoms. The fourth-order valence-electron chi connectivity index (χ4n) is 2.01. The van der Waals surface area contributed by atoms with E-state index in [1.807, 2.05) is 30.3 Å². The zero-order valence-electron chi connectivity index (χ0n) is 11.0. The molecule has 0 saturated heterocycles. The van der Waals surface area contributed by atoms with Crippen molar-refractivity contribution in [3.8, 4) is 0 Å². The Balaban J connectivity index is 2.05. The van der Waals surface area contributed by atoms with E-state index in [1.54, 1.807) is 0 Å². The van der Waals surface area contributed by atoms with Gasteiger partial charge in [-0.2, -0.15) is 0 Å². The van der Waals surface area contributed by atoms with Crippen LogP contribution >= 0.6 is 12.2 Å². The van der Waals surface area contributed by atoms with E-state index in [-0.39, 0.29) is 0 Å². The summed E-state index contributed by atoms with van der Waals surface area (Å²) in [6.07, 6.45) is 0. The van der Waals surface area contributed by atoms with Gasteiger partial charge in [0, 0.05) is 17.8 Å². The zero-order chi connectivity index (χ0) is 13.7. The molecule has 0 radical (unpaired) electrons. The van der Waals surface area contributed by atoms with Crippen molar-refractivity contribution in [1.82, 2.24) is 0 Å². The third kappa shape index (κ3) is 3.55. The van der Waals surface area contributed by atoms with Crippen molar-refractivity contribution in [2.24, 2.45) is 5.73 Å². The number of benzene rings is 2. The fourth-order valence-corrected chi connectivity index (χ4v) is 2.19. The van der Waals surface area contributed by atoms with Crippen LogP contribution in [0.3, 0.4) is 0 Å². The van der Waals surface area contributed by atoms with Crippen LogP contribution in [-0.2, 0) is 0 Å². The van der Waals surface area contributed by atoms with Gasteiger partial charge in [0.25, 0.3) is 0 Å².